The molecule has 28 heavy (non-hydrogen) atoms. The Kier molecular flexibility index (Phi) is 6.49. The van der Waals surface area contributed by atoms with Gasteiger partial charge in [-0.15, -0.1) is 0 Å². The minimum absolute atomic E-state index is 0.0808. The lowest BCUT2D eigenvalue weighted by Crippen LogP contribution is -3.13. The Labute approximate surface area is 164 Å². The van der Waals surface area contributed by atoms with E-state index in [2.05, 4.69) is 12.1 Å². The maximum atomic E-state index is 12.4. The van der Waals surface area contributed by atoms with E-state index >= 15 is 0 Å². The number of quaternary nitrogens is 1. The van der Waals surface area contributed by atoms with Gasteiger partial charge in [0.05, 0.1) is 38.9 Å². The lowest BCUT2D eigenvalue weighted by molar-refractivity contribution is -0.917. The standard InChI is InChI=1S/C21H25N3O4/c1-27-17-8-6-16(7-9-17)14-23-10-12-24(13-11-23)20(25)15-28-19-5-3-2-4-18(19)21(22)26/h2-9H,10-15H2,1H3,(H2,22,26)/p+1. The van der Waals surface area contributed by atoms with Crippen LogP contribution in [0.25, 0.3) is 0 Å². The molecule has 0 spiro atoms. The number of hydrogen-bond donors (Lipinski definition) is 2. The number of nitrogens with one attached hydrogen (secondary N) is 1. The van der Waals surface area contributed by atoms with Crippen LogP contribution in [0.15, 0.2) is 48.5 Å². The molecule has 148 valence electrons. The molecule has 0 saturated carbocycles. The highest BCUT2D eigenvalue weighted by atomic mass is 16.5. The Hall–Kier alpha value is -3.06. The Balaban J connectivity index is 1.46. The minimum atomic E-state index is -0.571. The Morgan fingerprint density at radius 2 is 1.75 bits per heavy atom. The van der Waals surface area contributed by atoms with Crippen molar-refractivity contribution in [2.45, 2.75) is 6.54 Å². The van der Waals surface area contributed by atoms with Crippen LogP contribution in [0, 0.1) is 0 Å². The zero-order valence-corrected chi connectivity index (χ0v) is 16.0. The summed E-state index contributed by atoms with van der Waals surface area (Å²) in [7, 11) is 1.66. The van der Waals surface area contributed by atoms with Gasteiger partial charge in [-0.2, -0.15) is 0 Å². The molecule has 3 rings (SSSR count). The summed E-state index contributed by atoms with van der Waals surface area (Å²) in [5.41, 5.74) is 6.87. The largest absolute Gasteiger partial charge is 0.497 e. The van der Waals surface area contributed by atoms with Gasteiger partial charge in [0.1, 0.15) is 18.0 Å². The number of primary amides is 1. The fourth-order valence-electron chi connectivity index (χ4n) is 3.31. The number of hydrogen-bond acceptors (Lipinski definition) is 4. The summed E-state index contributed by atoms with van der Waals surface area (Å²) in [6, 6.07) is 14.8. The molecular weight excluding hydrogens is 358 g/mol. The second-order valence-electron chi connectivity index (χ2n) is 6.80. The molecule has 0 aromatic heterocycles. The summed E-state index contributed by atoms with van der Waals surface area (Å²) in [6.45, 7) is 3.97. The van der Waals surface area contributed by atoms with Crippen LogP contribution in [0.2, 0.25) is 0 Å². The van der Waals surface area contributed by atoms with E-state index in [-0.39, 0.29) is 18.1 Å². The number of carbonyl (C=O) groups is 2. The maximum Gasteiger partial charge on any atom is 0.260 e. The fraction of sp³-hybridized carbons (Fsp3) is 0.333. The van der Waals surface area contributed by atoms with E-state index in [0.29, 0.717) is 18.8 Å². The second kappa shape index (κ2) is 9.23. The molecule has 2 aromatic carbocycles. The van der Waals surface area contributed by atoms with E-state index < -0.39 is 5.91 Å². The number of nitrogens with zero attached hydrogens (tertiary/aromatic N) is 1. The monoisotopic (exact) mass is 384 g/mol. The summed E-state index contributed by atoms with van der Waals surface area (Å²) in [6.07, 6.45) is 0. The van der Waals surface area contributed by atoms with Crippen molar-refractivity contribution in [3.05, 3.63) is 59.7 Å². The third kappa shape index (κ3) is 5.01. The van der Waals surface area contributed by atoms with Crippen LogP contribution in [-0.4, -0.2) is 56.6 Å². The number of ether oxygens (including phenoxy) is 2. The first-order valence-corrected chi connectivity index (χ1v) is 9.32. The zero-order chi connectivity index (χ0) is 19.9. The average Bonchev–Trinajstić information content (AvgIpc) is 2.73. The highest BCUT2D eigenvalue weighted by Gasteiger charge is 2.24. The molecule has 0 bridgehead atoms. The number of amides is 2. The molecule has 1 aliphatic heterocycles. The second-order valence-corrected chi connectivity index (χ2v) is 6.80. The van der Waals surface area contributed by atoms with Crippen molar-refractivity contribution in [1.29, 1.82) is 0 Å². The van der Waals surface area contributed by atoms with Crippen molar-refractivity contribution in [2.24, 2.45) is 5.73 Å². The Morgan fingerprint density at radius 3 is 2.39 bits per heavy atom. The van der Waals surface area contributed by atoms with Crippen LogP contribution in [0.4, 0.5) is 0 Å². The predicted octanol–water partition coefficient (Wildman–Crippen LogP) is 0.100. The number of nitrogens with two attached hydrogens (primary N) is 1. The fourth-order valence-corrected chi connectivity index (χ4v) is 3.31. The molecule has 1 heterocycles. The van der Waals surface area contributed by atoms with Crippen LogP contribution in [0.1, 0.15) is 15.9 Å². The Morgan fingerprint density at radius 1 is 1.07 bits per heavy atom. The highest BCUT2D eigenvalue weighted by molar-refractivity contribution is 5.95. The van der Waals surface area contributed by atoms with Gasteiger partial charge in [0.15, 0.2) is 6.61 Å². The van der Waals surface area contributed by atoms with Crippen molar-refractivity contribution in [3.63, 3.8) is 0 Å². The van der Waals surface area contributed by atoms with Gasteiger partial charge < -0.3 is 25.0 Å². The molecule has 0 atom stereocenters. The van der Waals surface area contributed by atoms with Gasteiger partial charge in [0, 0.05) is 5.56 Å². The summed E-state index contributed by atoms with van der Waals surface area (Å²) in [4.78, 5) is 27.1. The molecule has 2 aromatic rings. The normalized spacial score (nSPS) is 14.5. The van der Waals surface area contributed by atoms with Crippen molar-refractivity contribution < 1.29 is 24.0 Å². The molecule has 1 saturated heterocycles. The SMILES string of the molecule is COc1ccc(C[NH+]2CCN(C(=O)COc3ccccc3C(N)=O)CC2)cc1. The quantitative estimate of drug-likeness (QED) is 0.709. The summed E-state index contributed by atoms with van der Waals surface area (Å²) < 4.78 is 10.7. The Bertz CT molecular complexity index is 815. The van der Waals surface area contributed by atoms with Crippen LogP contribution in [0.3, 0.4) is 0 Å². The number of piperazine rings is 1. The molecule has 7 heteroatoms. The maximum absolute atomic E-state index is 12.4. The molecule has 2 amide bonds. The number of methoxy groups -OCH3 is 1. The van der Waals surface area contributed by atoms with Crippen molar-refractivity contribution >= 4 is 11.8 Å². The van der Waals surface area contributed by atoms with E-state index in [9.17, 15) is 9.59 Å². The number of carbonyl (C=O) groups excluding carboxylic acids is 2. The van der Waals surface area contributed by atoms with Gasteiger partial charge in [-0.3, -0.25) is 9.59 Å². The summed E-state index contributed by atoms with van der Waals surface area (Å²) in [5, 5.41) is 0. The molecular formula is C21H26N3O4+. The van der Waals surface area contributed by atoms with Crippen LogP contribution in [0.5, 0.6) is 11.5 Å². The van der Waals surface area contributed by atoms with Crippen LogP contribution >= 0.6 is 0 Å². The third-order valence-electron chi connectivity index (χ3n) is 4.94. The number of benzene rings is 2. The average molecular weight is 384 g/mol. The first kappa shape index (κ1) is 19.7. The van der Waals surface area contributed by atoms with E-state index in [4.69, 9.17) is 15.2 Å². The van der Waals surface area contributed by atoms with Gasteiger partial charge >= 0.3 is 0 Å². The van der Waals surface area contributed by atoms with Gasteiger partial charge in [-0.05, 0) is 36.4 Å². The first-order chi connectivity index (χ1) is 13.6. The number of rotatable bonds is 7. The van der Waals surface area contributed by atoms with E-state index in [1.807, 2.05) is 17.0 Å². The molecule has 7 nitrogen and oxygen atoms in total. The topological polar surface area (TPSA) is 86.3 Å². The predicted molar refractivity (Wildman–Crippen MR) is 104 cm³/mol. The van der Waals surface area contributed by atoms with Crippen LogP contribution in [-0.2, 0) is 11.3 Å². The minimum Gasteiger partial charge on any atom is -0.497 e. The lowest BCUT2D eigenvalue weighted by Gasteiger charge is -2.32. The molecule has 3 N–H and O–H groups in total. The van der Waals surface area contributed by atoms with Crippen molar-refractivity contribution in [1.82, 2.24) is 4.90 Å². The zero-order valence-electron chi connectivity index (χ0n) is 16.0. The third-order valence-corrected chi connectivity index (χ3v) is 4.94. The van der Waals surface area contributed by atoms with E-state index in [0.717, 1.165) is 25.4 Å². The molecule has 0 aliphatic carbocycles. The van der Waals surface area contributed by atoms with E-state index in [1.54, 1.807) is 31.4 Å². The van der Waals surface area contributed by atoms with Gasteiger partial charge in [0.25, 0.3) is 11.8 Å². The molecule has 1 fully saturated rings. The summed E-state index contributed by atoms with van der Waals surface area (Å²) >= 11 is 0. The first-order valence-electron chi connectivity index (χ1n) is 9.32. The van der Waals surface area contributed by atoms with Crippen molar-refractivity contribution in [3.8, 4) is 11.5 Å². The smallest absolute Gasteiger partial charge is 0.260 e. The van der Waals surface area contributed by atoms with Crippen LogP contribution < -0.4 is 20.1 Å². The highest BCUT2D eigenvalue weighted by Crippen LogP contribution is 2.17. The van der Waals surface area contributed by atoms with Crippen molar-refractivity contribution in [2.75, 3.05) is 39.9 Å². The molecule has 0 unspecified atom stereocenters. The molecule has 1 aliphatic rings. The van der Waals surface area contributed by atoms with Gasteiger partial charge in [-0.1, -0.05) is 12.1 Å². The molecule has 0 radical (unpaired) electrons. The summed E-state index contributed by atoms with van der Waals surface area (Å²) in [5.74, 6) is 0.542. The van der Waals surface area contributed by atoms with E-state index in [1.165, 1.54) is 10.5 Å². The number of para-hydroxylation sites is 1. The lowest BCUT2D eigenvalue weighted by atomic mass is 10.2. The van der Waals surface area contributed by atoms with Gasteiger partial charge in [0.2, 0.25) is 0 Å². The van der Waals surface area contributed by atoms with Gasteiger partial charge in [-0.25, -0.2) is 0 Å².